The van der Waals surface area contributed by atoms with Crippen LogP contribution in [0.1, 0.15) is 52.7 Å². The molecule has 3 nitrogen and oxygen atoms in total. The second-order valence-corrected chi connectivity index (χ2v) is 12.9. The van der Waals surface area contributed by atoms with Crippen molar-refractivity contribution in [3.05, 3.63) is 29.3 Å². The van der Waals surface area contributed by atoms with Crippen LogP contribution in [0.15, 0.2) is 18.2 Å². The van der Waals surface area contributed by atoms with E-state index in [0.717, 1.165) is 11.1 Å². The molecule has 0 radical (unpaired) electrons. The van der Waals surface area contributed by atoms with Crippen molar-refractivity contribution < 1.29 is 14.3 Å². The molecule has 0 bridgehead atoms. The van der Waals surface area contributed by atoms with Crippen molar-refractivity contribution >= 4 is 28.5 Å². The maximum absolute atomic E-state index is 9.55. The van der Waals surface area contributed by atoms with Crippen LogP contribution >= 0.6 is 28.5 Å². The predicted molar refractivity (Wildman–Crippen MR) is 87.5 cm³/mol. The number of benzene rings is 1. The third-order valence-corrected chi connectivity index (χ3v) is 3.81. The van der Waals surface area contributed by atoms with Gasteiger partial charge in [0.25, 0.3) is 0 Å². The van der Waals surface area contributed by atoms with Gasteiger partial charge in [0.05, 0.1) is 0 Å². The van der Waals surface area contributed by atoms with Gasteiger partial charge in [0, 0.05) is 0 Å². The third kappa shape index (κ3) is 5.38. The van der Waals surface area contributed by atoms with Crippen molar-refractivity contribution in [2.75, 3.05) is 0 Å². The number of hydrogen-bond acceptors (Lipinski definition) is 3. The fraction of sp³-hybridized carbons (Fsp3) is 0.571. The topological polar surface area (TPSA) is 49.7 Å². The molecule has 0 saturated heterocycles. The average molecular weight is 341 g/mol. The van der Waals surface area contributed by atoms with Crippen LogP contribution in [0.25, 0.3) is 0 Å². The number of hydrogen-bond donors (Lipinski definition) is 2. The van der Waals surface area contributed by atoms with E-state index in [2.05, 4.69) is 20.8 Å². The Bertz CT molecular complexity index is 499. The predicted octanol–water partition coefficient (Wildman–Crippen LogP) is 5.25. The minimum absolute atomic E-state index is 0.0234. The molecule has 0 heterocycles. The Morgan fingerprint density at radius 3 is 1.80 bits per heavy atom. The van der Waals surface area contributed by atoms with Gasteiger partial charge >= 0.3 is 130 Å². The summed E-state index contributed by atoms with van der Waals surface area (Å²) in [4.78, 5) is 19.1. The van der Waals surface area contributed by atoms with E-state index in [1.165, 1.54) is 0 Å². The quantitative estimate of drug-likeness (QED) is 0.722. The molecular weight excluding hydrogens is 318 g/mol. The fourth-order valence-electron chi connectivity index (χ4n) is 1.82. The first kappa shape index (κ1) is 18.0. The molecule has 6 heteroatoms. The van der Waals surface area contributed by atoms with Crippen LogP contribution in [0.2, 0.25) is 0 Å². The van der Waals surface area contributed by atoms with Gasteiger partial charge in [-0.25, -0.2) is 0 Å². The zero-order valence-electron chi connectivity index (χ0n) is 12.7. The first-order chi connectivity index (χ1) is 8.56. The second-order valence-electron chi connectivity index (χ2n) is 7.06. The summed E-state index contributed by atoms with van der Waals surface area (Å²) in [6, 6.07) is 5.55. The Morgan fingerprint density at radius 1 is 0.950 bits per heavy atom. The van der Waals surface area contributed by atoms with Gasteiger partial charge in [0.15, 0.2) is 0 Å². The van der Waals surface area contributed by atoms with Crippen LogP contribution in [-0.2, 0) is 10.8 Å². The molecule has 1 aromatic rings. The van der Waals surface area contributed by atoms with E-state index in [9.17, 15) is 9.79 Å². The van der Waals surface area contributed by atoms with Gasteiger partial charge in [0.1, 0.15) is 0 Å². The van der Waals surface area contributed by atoms with Gasteiger partial charge in [-0.05, 0) is 0 Å². The van der Waals surface area contributed by atoms with Gasteiger partial charge in [-0.1, -0.05) is 0 Å². The molecule has 0 atom stereocenters. The van der Waals surface area contributed by atoms with Crippen LogP contribution in [0, 0.1) is 0 Å². The standard InChI is InChI=1S/C14H23Cl2O3P/c1-13(2,3)10-7-8-12(19-20(15,16,17)18)11(9-10)14(4,5)6/h7-9,17-18H,1-6H3. The van der Waals surface area contributed by atoms with Crippen LogP contribution in [-0.4, -0.2) is 9.79 Å². The van der Waals surface area contributed by atoms with E-state index >= 15 is 0 Å². The van der Waals surface area contributed by atoms with Crippen LogP contribution in [0.4, 0.5) is 0 Å². The minimum atomic E-state index is -5.09. The van der Waals surface area contributed by atoms with Crippen molar-refractivity contribution in [1.82, 2.24) is 0 Å². The van der Waals surface area contributed by atoms with E-state index in [1.54, 1.807) is 6.07 Å². The zero-order chi connectivity index (χ0) is 16.0. The van der Waals surface area contributed by atoms with E-state index in [1.807, 2.05) is 32.9 Å². The molecule has 0 amide bonds. The summed E-state index contributed by atoms with van der Waals surface area (Å²) in [7, 11) is 0. The molecule has 0 aromatic heterocycles. The van der Waals surface area contributed by atoms with Gasteiger partial charge in [-0.3, -0.25) is 0 Å². The summed E-state index contributed by atoms with van der Waals surface area (Å²) < 4.78 is 5.09. The zero-order valence-corrected chi connectivity index (χ0v) is 15.1. The molecular formula is C14H23Cl2O3P. The molecule has 20 heavy (non-hydrogen) atoms. The van der Waals surface area contributed by atoms with Crippen molar-refractivity contribution in [3.8, 4) is 5.75 Å². The molecule has 0 aliphatic rings. The van der Waals surface area contributed by atoms with Crippen LogP contribution < -0.4 is 4.52 Å². The van der Waals surface area contributed by atoms with E-state index in [4.69, 9.17) is 27.0 Å². The normalized spacial score (nSPS) is 15.6. The second kappa shape index (κ2) is 5.00. The summed E-state index contributed by atoms with van der Waals surface area (Å²) in [6.07, 6.45) is 0. The molecule has 116 valence electrons. The number of halogens is 2. The summed E-state index contributed by atoms with van der Waals surface area (Å²) in [5.41, 5.74) is 1.67. The first-order valence-corrected chi connectivity index (χ1v) is 10.2. The SMILES string of the molecule is CC(C)(C)c1ccc(OP(O)(O)(Cl)Cl)c(C(C)(C)C)c1. The Morgan fingerprint density at radius 2 is 1.45 bits per heavy atom. The molecule has 1 aromatic carbocycles. The van der Waals surface area contributed by atoms with Crippen molar-refractivity contribution in [1.29, 1.82) is 0 Å². The molecule has 0 fully saturated rings. The monoisotopic (exact) mass is 340 g/mol. The average Bonchev–Trinajstić information content (AvgIpc) is 2.10. The Kier molecular flexibility index (Phi) is 4.50. The fourth-order valence-corrected chi connectivity index (χ4v) is 2.75. The summed E-state index contributed by atoms with van der Waals surface area (Å²) >= 11 is 10.9. The molecule has 0 aliphatic heterocycles. The molecule has 0 saturated carbocycles. The Labute approximate surface area is 130 Å². The van der Waals surface area contributed by atoms with Gasteiger partial charge < -0.3 is 0 Å². The first-order valence-electron chi connectivity index (χ1n) is 6.36. The van der Waals surface area contributed by atoms with Crippen LogP contribution in [0.3, 0.4) is 0 Å². The molecule has 0 spiro atoms. The van der Waals surface area contributed by atoms with Gasteiger partial charge in [0.2, 0.25) is 0 Å². The third-order valence-electron chi connectivity index (χ3n) is 2.90. The maximum atomic E-state index is 9.55. The Balaban J connectivity index is 3.41. The van der Waals surface area contributed by atoms with Gasteiger partial charge in [-0.2, -0.15) is 0 Å². The molecule has 2 N–H and O–H groups in total. The Hall–Kier alpha value is -0.0500. The summed E-state index contributed by atoms with van der Waals surface area (Å²) in [5.74, 6) is -4.80. The van der Waals surface area contributed by atoms with Crippen molar-refractivity contribution in [2.24, 2.45) is 0 Å². The van der Waals surface area contributed by atoms with Crippen molar-refractivity contribution in [2.45, 2.75) is 52.4 Å². The van der Waals surface area contributed by atoms with E-state index < -0.39 is 5.99 Å². The molecule has 0 unspecified atom stereocenters. The van der Waals surface area contributed by atoms with E-state index in [-0.39, 0.29) is 16.6 Å². The van der Waals surface area contributed by atoms with Crippen LogP contribution in [0.5, 0.6) is 5.75 Å². The number of rotatable bonds is 2. The van der Waals surface area contributed by atoms with E-state index in [0.29, 0.717) is 0 Å². The summed E-state index contributed by atoms with van der Waals surface area (Å²) in [5, 5.41) is 0. The molecule has 0 aliphatic carbocycles. The van der Waals surface area contributed by atoms with Gasteiger partial charge in [-0.15, -0.1) is 0 Å². The molecule has 1 rings (SSSR count). The van der Waals surface area contributed by atoms with Crippen molar-refractivity contribution in [3.63, 3.8) is 0 Å². The summed E-state index contributed by atoms with van der Waals surface area (Å²) in [6.45, 7) is 12.3.